The molecule has 1 aliphatic rings. The summed E-state index contributed by atoms with van der Waals surface area (Å²) in [5, 5.41) is 16.0. The Morgan fingerprint density at radius 1 is 1.18 bits per heavy atom. The van der Waals surface area contributed by atoms with Crippen molar-refractivity contribution in [1.82, 2.24) is 10.2 Å². The van der Waals surface area contributed by atoms with E-state index in [1.807, 2.05) is 0 Å². The molecule has 1 aromatic heterocycles. The average molecular weight is 449 g/mol. The van der Waals surface area contributed by atoms with Crippen molar-refractivity contribution in [3.05, 3.63) is 88.1 Å². The van der Waals surface area contributed by atoms with Gasteiger partial charge in [-0.25, -0.2) is 9.18 Å². The first-order valence-corrected chi connectivity index (χ1v) is 9.58. The van der Waals surface area contributed by atoms with Crippen molar-refractivity contribution in [3.8, 4) is 11.3 Å². The zero-order valence-electron chi connectivity index (χ0n) is 17.1. The summed E-state index contributed by atoms with van der Waals surface area (Å²) in [5.74, 6) is -0.711. The topological polar surface area (TPSA) is 130 Å². The van der Waals surface area contributed by atoms with Crippen molar-refractivity contribution in [2.45, 2.75) is 0 Å². The molecular weight excluding hydrogens is 433 g/mol. The first-order valence-electron chi connectivity index (χ1n) is 9.58. The van der Waals surface area contributed by atoms with Crippen LogP contribution in [0.5, 0.6) is 0 Å². The standard InChI is InChI=1S/C22H16FN5O5/c1-27-18(12-13-10-11-19(33-13)14-6-2-5-9-17(14)28(31)32)20(29)25-21(27)26-22(30)24-16-8-4-3-7-15(16)23/h2-12H,1H3,(H2,24,25,26,29,30)/b18-12+. The second kappa shape index (κ2) is 8.75. The second-order valence-corrected chi connectivity index (χ2v) is 6.86. The lowest BCUT2D eigenvalue weighted by molar-refractivity contribution is -0.384. The van der Waals surface area contributed by atoms with Gasteiger partial charge < -0.3 is 14.6 Å². The van der Waals surface area contributed by atoms with Gasteiger partial charge in [0.1, 0.15) is 23.0 Å². The maximum Gasteiger partial charge on any atom is 0.348 e. The number of guanidine groups is 1. The first kappa shape index (κ1) is 21.4. The molecule has 2 heterocycles. The van der Waals surface area contributed by atoms with Gasteiger partial charge in [-0.15, -0.1) is 0 Å². The Morgan fingerprint density at radius 2 is 1.91 bits per heavy atom. The fourth-order valence-corrected chi connectivity index (χ4v) is 3.13. The number of benzene rings is 2. The number of likely N-dealkylation sites (N-methyl/N-ethyl adjacent to an activating group) is 1. The smallest absolute Gasteiger partial charge is 0.348 e. The number of carbonyl (C=O) groups is 2. The lowest BCUT2D eigenvalue weighted by Crippen LogP contribution is -2.29. The molecule has 2 aromatic carbocycles. The highest BCUT2D eigenvalue weighted by Crippen LogP contribution is 2.31. The van der Waals surface area contributed by atoms with Crippen LogP contribution >= 0.6 is 0 Å². The third-order valence-electron chi connectivity index (χ3n) is 4.73. The number of amides is 3. The van der Waals surface area contributed by atoms with E-state index in [2.05, 4.69) is 15.6 Å². The molecule has 10 nitrogen and oxygen atoms in total. The van der Waals surface area contributed by atoms with Gasteiger partial charge in [-0.2, -0.15) is 4.99 Å². The van der Waals surface area contributed by atoms with Crippen molar-refractivity contribution < 1.29 is 23.3 Å². The Hall–Kier alpha value is -4.80. The zero-order valence-corrected chi connectivity index (χ0v) is 17.1. The van der Waals surface area contributed by atoms with E-state index in [1.54, 1.807) is 36.4 Å². The summed E-state index contributed by atoms with van der Waals surface area (Å²) >= 11 is 0. The van der Waals surface area contributed by atoms with E-state index in [-0.39, 0.29) is 34.6 Å². The van der Waals surface area contributed by atoms with Gasteiger partial charge >= 0.3 is 6.03 Å². The van der Waals surface area contributed by atoms with E-state index < -0.39 is 22.7 Å². The van der Waals surface area contributed by atoms with Crippen molar-refractivity contribution in [2.24, 2.45) is 4.99 Å². The van der Waals surface area contributed by atoms with Crippen LogP contribution < -0.4 is 10.6 Å². The fourth-order valence-electron chi connectivity index (χ4n) is 3.13. The van der Waals surface area contributed by atoms with Crippen LogP contribution in [0.25, 0.3) is 17.4 Å². The van der Waals surface area contributed by atoms with E-state index in [0.717, 1.165) is 0 Å². The SMILES string of the molecule is CN1/C(=C/c2ccc(-c3ccccc3[N+](=O)[O-])o2)C(=O)N/C1=N\C(=O)Nc1ccccc1F. The van der Waals surface area contributed by atoms with E-state index in [9.17, 15) is 24.1 Å². The van der Waals surface area contributed by atoms with Gasteiger partial charge in [0, 0.05) is 19.2 Å². The van der Waals surface area contributed by atoms with E-state index in [1.165, 1.54) is 42.3 Å². The number of urea groups is 1. The lowest BCUT2D eigenvalue weighted by Gasteiger charge is -2.10. The van der Waals surface area contributed by atoms with Gasteiger partial charge in [0.15, 0.2) is 0 Å². The quantitative estimate of drug-likeness (QED) is 0.352. The van der Waals surface area contributed by atoms with Gasteiger partial charge in [0.05, 0.1) is 16.2 Å². The van der Waals surface area contributed by atoms with Crippen LogP contribution in [0.2, 0.25) is 0 Å². The molecule has 0 spiro atoms. The maximum absolute atomic E-state index is 13.7. The summed E-state index contributed by atoms with van der Waals surface area (Å²) in [6, 6.07) is 14.0. The lowest BCUT2D eigenvalue weighted by atomic mass is 10.1. The third kappa shape index (κ3) is 4.46. The van der Waals surface area contributed by atoms with Crippen LogP contribution in [0, 0.1) is 15.9 Å². The Morgan fingerprint density at radius 3 is 2.67 bits per heavy atom. The zero-order chi connectivity index (χ0) is 23.5. The molecule has 1 aliphatic heterocycles. The number of hydrogen-bond donors (Lipinski definition) is 2. The van der Waals surface area contributed by atoms with E-state index >= 15 is 0 Å². The van der Waals surface area contributed by atoms with Crippen LogP contribution in [0.15, 0.2) is 75.8 Å². The molecule has 3 amide bonds. The number of aliphatic imine (C=N–C) groups is 1. The number of hydrogen-bond acceptors (Lipinski definition) is 5. The number of nitro benzene ring substituents is 1. The number of nitrogens with zero attached hydrogens (tertiary/aromatic N) is 3. The van der Waals surface area contributed by atoms with Gasteiger partial charge in [0.25, 0.3) is 11.6 Å². The maximum atomic E-state index is 13.7. The summed E-state index contributed by atoms with van der Waals surface area (Å²) in [6.45, 7) is 0. The Bertz CT molecular complexity index is 1330. The van der Waals surface area contributed by atoms with Crippen molar-refractivity contribution in [3.63, 3.8) is 0 Å². The predicted molar refractivity (Wildman–Crippen MR) is 118 cm³/mol. The number of nitro groups is 1. The highest BCUT2D eigenvalue weighted by Gasteiger charge is 2.29. The number of furan rings is 1. The molecule has 2 N–H and O–H groups in total. The molecule has 0 aliphatic carbocycles. The molecular formula is C22H16FN5O5. The second-order valence-electron chi connectivity index (χ2n) is 6.86. The molecule has 11 heteroatoms. The molecule has 33 heavy (non-hydrogen) atoms. The summed E-state index contributed by atoms with van der Waals surface area (Å²) in [4.78, 5) is 40.4. The summed E-state index contributed by atoms with van der Waals surface area (Å²) in [7, 11) is 1.50. The van der Waals surface area contributed by atoms with Gasteiger partial charge in [-0.1, -0.05) is 24.3 Å². The van der Waals surface area contributed by atoms with E-state index in [0.29, 0.717) is 5.56 Å². The van der Waals surface area contributed by atoms with Crippen molar-refractivity contribution in [1.29, 1.82) is 0 Å². The van der Waals surface area contributed by atoms with Crippen LogP contribution in [-0.4, -0.2) is 34.8 Å². The minimum absolute atomic E-state index is 0.0484. The Kier molecular flexibility index (Phi) is 5.68. The molecule has 0 unspecified atom stereocenters. The predicted octanol–water partition coefficient (Wildman–Crippen LogP) is 3.98. The molecule has 4 rings (SSSR count). The van der Waals surface area contributed by atoms with Crippen LogP contribution in [0.1, 0.15) is 5.76 Å². The summed E-state index contributed by atoms with van der Waals surface area (Å²) in [6.07, 6.45) is 1.41. The summed E-state index contributed by atoms with van der Waals surface area (Å²) in [5.41, 5.74) is 0.254. The van der Waals surface area contributed by atoms with Gasteiger partial charge in [0.2, 0.25) is 5.96 Å². The summed E-state index contributed by atoms with van der Waals surface area (Å²) < 4.78 is 19.4. The first-order chi connectivity index (χ1) is 15.8. The van der Waals surface area contributed by atoms with Crippen LogP contribution in [-0.2, 0) is 4.79 Å². The highest BCUT2D eigenvalue weighted by molar-refractivity contribution is 6.17. The molecule has 0 saturated carbocycles. The van der Waals surface area contributed by atoms with Crippen molar-refractivity contribution in [2.75, 3.05) is 12.4 Å². The number of rotatable bonds is 4. The normalized spacial score (nSPS) is 15.7. The number of para-hydroxylation sites is 2. The Labute approximate surface area is 186 Å². The number of nitrogens with one attached hydrogen (secondary N) is 2. The number of halogens is 1. The molecule has 3 aromatic rings. The average Bonchev–Trinajstić information content (AvgIpc) is 3.36. The fraction of sp³-hybridized carbons (Fsp3) is 0.0455. The molecule has 0 bridgehead atoms. The van der Waals surface area contributed by atoms with Crippen LogP contribution in [0.3, 0.4) is 0 Å². The van der Waals surface area contributed by atoms with Crippen molar-refractivity contribution >= 4 is 35.3 Å². The molecule has 166 valence electrons. The molecule has 0 atom stereocenters. The molecule has 1 saturated heterocycles. The third-order valence-corrected chi connectivity index (χ3v) is 4.73. The number of carbonyl (C=O) groups excluding carboxylic acids is 2. The largest absolute Gasteiger partial charge is 0.456 e. The monoisotopic (exact) mass is 449 g/mol. The van der Waals surface area contributed by atoms with E-state index in [4.69, 9.17) is 4.42 Å². The molecule has 0 radical (unpaired) electrons. The minimum atomic E-state index is -0.875. The highest BCUT2D eigenvalue weighted by atomic mass is 19.1. The van der Waals surface area contributed by atoms with Crippen LogP contribution in [0.4, 0.5) is 20.6 Å². The Balaban J connectivity index is 1.55. The number of anilines is 1. The minimum Gasteiger partial charge on any atom is -0.456 e. The van der Waals surface area contributed by atoms with Gasteiger partial charge in [-0.05, 0) is 30.3 Å². The molecule has 1 fully saturated rings. The van der Waals surface area contributed by atoms with Gasteiger partial charge in [-0.3, -0.25) is 20.2 Å².